The van der Waals surface area contributed by atoms with Crippen LogP contribution >= 0.6 is 15.9 Å². The van der Waals surface area contributed by atoms with E-state index in [-0.39, 0.29) is 5.75 Å². The highest BCUT2D eigenvalue weighted by molar-refractivity contribution is 9.10. The van der Waals surface area contributed by atoms with Crippen molar-refractivity contribution in [3.63, 3.8) is 0 Å². The van der Waals surface area contributed by atoms with E-state index in [1.165, 1.54) is 7.11 Å². The summed E-state index contributed by atoms with van der Waals surface area (Å²) in [6.45, 7) is 3.28. The molecule has 0 amide bonds. The summed E-state index contributed by atoms with van der Waals surface area (Å²) in [5.41, 5.74) is 1.15. The van der Waals surface area contributed by atoms with Crippen LogP contribution in [0.1, 0.15) is 24.0 Å². The van der Waals surface area contributed by atoms with E-state index in [0.29, 0.717) is 21.3 Å². The van der Waals surface area contributed by atoms with E-state index >= 15 is 0 Å². The van der Waals surface area contributed by atoms with E-state index in [2.05, 4.69) is 15.9 Å². The molecular weight excluding hydrogens is 276 g/mol. The molecular formula is C11H13BrO4. The van der Waals surface area contributed by atoms with Gasteiger partial charge >= 0.3 is 5.97 Å². The van der Waals surface area contributed by atoms with E-state index in [4.69, 9.17) is 9.84 Å². The number of benzene rings is 1. The second-order valence-electron chi connectivity index (χ2n) is 3.54. The molecule has 4 nitrogen and oxygen atoms in total. The quantitative estimate of drug-likeness (QED) is 0.897. The van der Waals surface area contributed by atoms with Crippen LogP contribution in [-0.2, 0) is 4.79 Å². The zero-order valence-corrected chi connectivity index (χ0v) is 10.8. The summed E-state index contributed by atoms with van der Waals surface area (Å²) in [5, 5.41) is 18.7. The SMILES string of the molecule is COc1c(C(C)C(=O)O)cc(C)c(O)c1Br. The normalized spacial score (nSPS) is 12.2. The first-order valence-corrected chi connectivity index (χ1v) is 5.48. The van der Waals surface area contributed by atoms with Crippen LogP contribution in [0.4, 0.5) is 0 Å². The lowest BCUT2D eigenvalue weighted by atomic mass is 9.98. The molecule has 1 aromatic carbocycles. The minimum absolute atomic E-state index is 0.0678. The number of carbonyl (C=O) groups is 1. The molecule has 16 heavy (non-hydrogen) atoms. The maximum atomic E-state index is 10.9. The second kappa shape index (κ2) is 4.74. The first kappa shape index (κ1) is 12.8. The number of methoxy groups -OCH3 is 1. The largest absolute Gasteiger partial charge is 0.506 e. The summed E-state index contributed by atoms with van der Waals surface area (Å²) in [6.07, 6.45) is 0. The molecule has 0 saturated heterocycles. The average Bonchev–Trinajstić information content (AvgIpc) is 2.24. The van der Waals surface area contributed by atoms with E-state index in [9.17, 15) is 9.90 Å². The van der Waals surface area contributed by atoms with Crippen molar-refractivity contribution in [1.29, 1.82) is 0 Å². The lowest BCUT2D eigenvalue weighted by Crippen LogP contribution is -2.09. The number of phenols is 1. The monoisotopic (exact) mass is 288 g/mol. The van der Waals surface area contributed by atoms with E-state index in [0.717, 1.165) is 0 Å². The molecule has 5 heteroatoms. The summed E-state index contributed by atoms with van der Waals surface area (Å²) < 4.78 is 5.50. The lowest BCUT2D eigenvalue weighted by Gasteiger charge is -2.16. The molecule has 0 aromatic heterocycles. The maximum Gasteiger partial charge on any atom is 0.310 e. The van der Waals surface area contributed by atoms with Crippen LogP contribution in [-0.4, -0.2) is 23.3 Å². The Kier molecular flexibility index (Phi) is 3.80. The highest BCUT2D eigenvalue weighted by Gasteiger charge is 2.22. The van der Waals surface area contributed by atoms with Gasteiger partial charge in [0, 0.05) is 5.56 Å². The van der Waals surface area contributed by atoms with Gasteiger partial charge in [-0.3, -0.25) is 4.79 Å². The minimum atomic E-state index is -0.935. The smallest absolute Gasteiger partial charge is 0.310 e. The third-order valence-corrected chi connectivity index (χ3v) is 3.19. The molecule has 0 aliphatic heterocycles. The molecule has 0 aliphatic carbocycles. The van der Waals surface area contributed by atoms with Gasteiger partial charge in [0.2, 0.25) is 0 Å². The van der Waals surface area contributed by atoms with E-state index in [1.807, 2.05) is 0 Å². The van der Waals surface area contributed by atoms with Gasteiger partial charge in [0.05, 0.1) is 13.0 Å². The Morgan fingerprint density at radius 2 is 2.12 bits per heavy atom. The predicted molar refractivity (Wildman–Crippen MR) is 63.1 cm³/mol. The van der Waals surface area contributed by atoms with Gasteiger partial charge in [-0.05, 0) is 41.4 Å². The van der Waals surface area contributed by atoms with Crippen molar-refractivity contribution in [2.45, 2.75) is 19.8 Å². The number of ether oxygens (including phenoxy) is 1. The molecule has 0 saturated carbocycles. The average molecular weight is 289 g/mol. The van der Waals surface area contributed by atoms with Gasteiger partial charge in [-0.15, -0.1) is 0 Å². The van der Waals surface area contributed by atoms with Gasteiger partial charge in [-0.2, -0.15) is 0 Å². The molecule has 0 spiro atoms. The number of carboxylic acid groups (broad SMARTS) is 1. The number of hydrogen-bond donors (Lipinski definition) is 2. The molecule has 0 fully saturated rings. The van der Waals surface area contributed by atoms with Gasteiger partial charge < -0.3 is 14.9 Å². The number of aliphatic carboxylic acids is 1. The van der Waals surface area contributed by atoms with Gasteiger partial charge in [0.25, 0.3) is 0 Å². The molecule has 0 bridgehead atoms. The van der Waals surface area contributed by atoms with Crippen LogP contribution in [0.15, 0.2) is 10.5 Å². The summed E-state index contributed by atoms with van der Waals surface area (Å²) in [4.78, 5) is 10.9. The first-order valence-electron chi connectivity index (χ1n) is 4.68. The maximum absolute atomic E-state index is 10.9. The summed E-state index contributed by atoms with van der Waals surface area (Å²) in [5.74, 6) is -1.20. The van der Waals surface area contributed by atoms with Crippen molar-refractivity contribution in [1.82, 2.24) is 0 Å². The molecule has 0 aliphatic rings. The highest BCUT2D eigenvalue weighted by atomic mass is 79.9. The molecule has 1 unspecified atom stereocenters. The summed E-state index contributed by atoms with van der Waals surface area (Å²) in [6, 6.07) is 1.62. The molecule has 1 aromatic rings. The number of rotatable bonds is 3. The van der Waals surface area contributed by atoms with Crippen molar-refractivity contribution in [2.24, 2.45) is 0 Å². The zero-order valence-electron chi connectivity index (χ0n) is 9.24. The number of aryl methyl sites for hydroxylation is 1. The van der Waals surface area contributed by atoms with Crippen molar-refractivity contribution in [2.75, 3.05) is 7.11 Å². The van der Waals surface area contributed by atoms with Crippen LogP contribution < -0.4 is 4.74 Å². The molecule has 1 rings (SSSR count). The van der Waals surface area contributed by atoms with E-state index < -0.39 is 11.9 Å². The predicted octanol–water partition coefficient (Wildman–Crippen LogP) is 2.66. The highest BCUT2D eigenvalue weighted by Crippen LogP contribution is 2.41. The van der Waals surface area contributed by atoms with Crippen molar-refractivity contribution in [3.05, 3.63) is 21.7 Å². The number of phenolic OH excluding ortho intramolecular Hbond substituents is 1. The Morgan fingerprint density at radius 3 is 2.56 bits per heavy atom. The molecule has 1 atom stereocenters. The topological polar surface area (TPSA) is 66.8 Å². The molecule has 88 valence electrons. The van der Waals surface area contributed by atoms with Crippen molar-refractivity contribution < 1.29 is 19.7 Å². The Bertz CT molecular complexity index is 428. The third-order valence-electron chi connectivity index (χ3n) is 2.46. The number of aromatic hydroxyl groups is 1. The Balaban J connectivity index is 3.44. The fourth-order valence-corrected chi connectivity index (χ4v) is 2.14. The molecule has 0 radical (unpaired) electrons. The van der Waals surface area contributed by atoms with Crippen LogP contribution in [0.2, 0.25) is 0 Å². The second-order valence-corrected chi connectivity index (χ2v) is 4.33. The Labute approximate surface area is 102 Å². The Morgan fingerprint density at radius 1 is 1.56 bits per heavy atom. The lowest BCUT2D eigenvalue weighted by molar-refractivity contribution is -0.138. The number of carboxylic acids is 1. The molecule has 2 N–H and O–H groups in total. The van der Waals surface area contributed by atoms with Crippen LogP contribution in [0, 0.1) is 6.92 Å². The zero-order chi connectivity index (χ0) is 12.5. The number of halogens is 1. The third kappa shape index (κ3) is 2.14. The minimum Gasteiger partial charge on any atom is -0.506 e. The van der Waals surface area contributed by atoms with Crippen LogP contribution in [0.25, 0.3) is 0 Å². The summed E-state index contributed by atoms with van der Waals surface area (Å²) in [7, 11) is 1.44. The molecule has 0 heterocycles. The van der Waals surface area contributed by atoms with Crippen LogP contribution in [0.3, 0.4) is 0 Å². The van der Waals surface area contributed by atoms with Crippen molar-refractivity contribution >= 4 is 21.9 Å². The van der Waals surface area contributed by atoms with Gasteiger partial charge in [0.15, 0.2) is 0 Å². The first-order chi connectivity index (χ1) is 7.40. The standard InChI is InChI=1S/C11H13BrO4/c1-5-4-7(6(2)11(14)15)10(16-3)8(12)9(5)13/h4,6,13H,1-3H3,(H,14,15). The Hall–Kier alpha value is -1.23. The van der Waals surface area contributed by atoms with Crippen molar-refractivity contribution in [3.8, 4) is 11.5 Å². The van der Waals surface area contributed by atoms with Gasteiger partial charge in [-0.25, -0.2) is 0 Å². The number of hydrogen-bond acceptors (Lipinski definition) is 3. The van der Waals surface area contributed by atoms with Crippen LogP contribution in [0.5, 0.6) is 11.5 Å². The van der Waals surface area contributed by atoms with Gasteiger partial charge in [-0.1, -0.05) is 0 Å². The summed E-state index contributed by atoms with van der Waals surface area (Å²) >= 11 is 3.19. The fourth-order valence-electron chi connectivity index (χ4n) is 1.44. The van der Waals surface area contributed by atoms with Gasteiger partial charge in [0.1, 0.15) is 16.0 Å². The van der Waals surface area contributed by atoms with E-state index in [1.54, 1.807) is 19.9 Å². The fraction of sp³-hybridized carbons (Fsp3) is 0.364.